The zero-order valence-electron chi connectivity index (χ0n) is 14.2. The molecule has 2 aromatic rings. The Hall–Kier alpha value is -2.10. The van der Waals surface area contributed by atoms with Crippen molar-refractivity contribution in [2.45, 2.75) is 64.0 Å². The number of para-hydroxylation sites is 2. The number of hydroxylamine groups is 1. The van der Waals surface area contributed by atoms with Crippen molar-refractivity contribution in [3.05, 3.63) is 46.9 Å². The number of allylic oxidation sites excluding steroid dienone is 2. The molecule has 1 aromatic heterocycles. The number of hydrogen-bond donors (Lipinski definition) is 0. The molecule has 2 aliphatic carbocycles. The van der Waals surface area contributed by atoms with Crippen molar-refractivity contribution in [1.29, 1.82) is 0 Å². The largest absolute Gasteiger partial charge is 0.624 e. The van der Waals surface area contributed by atoms with Gasteiger partial charge in [0.25, 0.3) is 0 Å². The first-order valence-corrected chi connectivity index (χ1v) is 9.25. The lowest BCUT2D eigenvalue weighted by molar-refractivity contribution is -0.501. The van der Waals surface area contributed by atoms with Crippen LogP contribution in [0.25, 0.3) is 11.0 Å². The van der Waals surface area contributed by atoms with Gasteiger partial charge in [0.1, 0.15) is 0 Å². The highest BCUT2D eigenvalue weighted by atomic mass is 16.5. The molecule has 4 rings (SSSR count). The zero-order chi connectivity index (χ0) is 16.4. The molecular formula is C20H25N3O. The first kappa shape index (κ1) is 15.4. The third kappa shape index (κ3) is 3.10. The van der Waals surface area contributed by atoms with E-state index in [1.807, 2.05) is 18.2 Å². The maximum Gasteiger partial charge on any atom is 0.218 e. The summed E-state index contributed by atoms with van der Waals surface area (Å²) in [6, 6.07) is 8.31. The average Bonchev–Trinajstić information content (AvgIpc) is 3.25. The van der Waals surface area contributed by atoms with Gasteiger partial charge in [-0.1, -0.05) is 30.2 Å². The van der Waals surface area contributed by atoms with Gasteiger partial charge < -0.3 is 9.77 Å². The Labute approximate surface area is 143 Å². The van der Waals surface area contributed by atoms with Crippen LogP contribution in [0.1, 0.15) is 57.2 Å². The molecule has 4 nitrogen and oxygen atoms in total. The first-order chi connectivity index (χ1) is 11.8. The van der Waals surface area contributed by atoms with Gasteiger partial charge in [0, 0.05) is 19.4 Å². The van der Waals surface area contributed by atoms with Crippen LogP contribution in [0.3, 0.4) is 0 Å². The molecule has 1 heterocycles. The Balaban J connectivity index is 1.70. The van der Waals surface area contributed by atoms with Crippen LogP contribution in [0.4, 0.5) is 0 Å². The third-order valence-corrected chi connectivity index (χ3v) is 5.36. The van der Waals surface area contributed by atoms with Crippen LogP contribution in [0.15, 0.2) is 35.9 Å². The van der Waals surface area contributed by atoms with Crippen LogP contribution < -0.4 is 0 Å². The minimum atomic E-state index is 0.123. The summed E-state index contributed by atoms with van der Waals surface area (Å²) in [7, 11) is 0. The summed E-state index contributed by atoms with van der Waals surface area (Å²) >= 11 is 0. The summed E-state index contributed by atoms with van der Waals surface area (Å²) in [5.74, 6) is 0.796. The van der Waals surface area contributed by atoms with Gasteiger partial charge in [-0.25, -0.2) is 9.72 Å². The van der Waals surface area contributed by atoms with E-state index < -0.39 is 0 Å². The summed E-state index contributed by atoms with van der Waals surface area (Å²) in [6.45, 7) is 0.852. The summed E-state index contributed by atoms with van der Waals surface area (Å²) in [5.41, 5.74) is 3.55. The average molecular weight is 323 g/mol. The van der Waals surface area contributed by atoms with Crippen LogP contribution in [-0.4, -0.2) is 26.5 Å². The topological polar surface area (TPSA) is 43.9 Å². The smallest absolute Gasteiger partial charge is 0.218 e. The number of imidazole rings is 1. The molecule has 1 fully saturated rings. The van der Waals surface area contributed by atoms with Gasteiger partial charge in [0.15, 0.2) is 11.9 Å². The highest BCUT2D eigenvalue weighted by molar-refractivity contribution is 5.83. The SMILES string of the molecule is [O-]/[N+](=C\c1nc2ccccc2n1CC1=CCCC1)C1CCCCC1. The molecule has 0 saturated heterocycles. The highest BCUT2D eigenvalue weighted by Gasteiger charge is 2.21. The Morgan fingerprint density at radius 1 is 1.17 bits per heavy atom. The van der Waals surface area contributed by atoms with Crippen molar-refractivity contribution >= 4 is 17.2 Å². The number of rotatable bonds is 4. The van der Waals surface area contributed by atoms with E-state index in [9.17, 15) is 5.21 Å². The van der Waals surface area contributed by atoms with E-state index in [0.717, 1.165) is 42.7 Å². The first-order valence-electron chi connectivity index (χ1n) is 9.25. The van der Waals surface area contributed by atoms with Gasteiger partial charge in [0.05, 0.1) is 11.0 Å². The fraction of sp³-hybridized carbons (Fsp3) is 0.500. The second kappa shape index (κ2) is 6.80. The van der Waals surface area contributed by atoms with Crippen LogP contribution in [0, 0.1) is 5.21 Å². The van der Waals surface area contributed by atoms with Crippen molar-refractivity contribution in [3.8, 4) is 0 Å². The minimum Gasteiger partial charge on any atom is -0.624 e. The van der Waals surface area contributed by atoms with Crippen molar-refractivity contribution < 1.29 is 4.74 Å². The number of fused-ring (bicyclic) bond motifs is 1. The summed E-state index contributed by atoms with van der Waals surface area (Å²) < 4.78 is 3.38. The van der Waals surface area contributed by atoms with Gasteiger partial charge in [0.2, 0.25) is 6.21 Å². The molecule has 0 bridgehead atoms. The maximum absolute atomic E-state index is 12.6. The molecule has 0 atom stereocenters. The van der Waals surface area contributed by atoms with E-state index in [1.54, 1.807) is 6.21 Å². The van der Waals surface area contributed by atoms with Crippen LogP contribution in [0.5, 0.6) is 0 Å². The summed E-state index contributed by atoms with van der Waals surface area (Å²) in [4.78, 5) is 4.73. The summed E-state index contributed by atoms with van der Waals surface area (Å²) in [5, 5.41) is 12.6. The molecule has 0 spiro atoms. The number of benzene rings is 1. The predicted molar refractivity (Wildman–Crippen MR) is 97.3 cm³/mol. The molecule has 24 heavy (non-hydrogen) atoms. The molecule has 0 unspecified atom stereocenters. The maximum atomic E-state index is 12.6. The molecule has 0 N–H and O–H groups in total. The Kier molecular flexibility index (Phi) is 4.37. The molecular weight excluding hydrogens is 298 g/mol. The van der Waals surface area contributed by atoms with Crippen LogP contribution in [-0.2, 0) is 6.54 Å². The van der Waals surface area contributed by atoms with Gasteiger partial charge in [-0.2, -0.15) is 0 Å². The van der Waals surface area contributed by atoms with Crippen molar-refractivity contribution in [2.24, 2.45) is 0 Å². The van der Waals surface area contributed by atoms with Crippen molar-refractivity contribution in [3.63, 3.8) is 0 Å². The van der Waals surface area contributed by atoms with E-state index in [-0.39, 0.29) is 6.04 Å². The normalized spacial score (nSPS) is 19.8. The molecule has 1 saturated carbocycles. The van der Waals surface area contributed by atoms with Crippen molar-refractivity contribution in [2.75, 3.05) is 0 Å². The quantitative estimate of drug-likeness (QED) is 0.275. The molecule has 0 amide bonds. The van der Waals surface area contributed by atoms with Gasteiger partial charge in [-0.15, -0.1) is 0 Å². The monoisotopic (exact) mass is 323 g/mol. The minimum absolute atomic E-state index is 0.123. The second-order valence-electron chi connectivity index (χ2n) is 7.08. The van der Waals surface area contributed by atoms with Gasteiger partial charge >= 0.3 is 0 Å². The van der Waals surface area contributed by atoms with Crippen LogP contribution >= 0.6 is 0 Å². The Morgan fingerprint density at radius 2 is 2.00 bits per heavy atom. The highest BCUT2D eigenvalue weighted by Crippen LogP contribution is 2.24. The molecule has 0 radical (unpaired) electrons. The van der Waals surface area contributed by atoms with Crippen molar-refractivity contribution in [1.82, 2.24) is 9.55 Å². The molecule has 0 aliphatic heterocycles. The van der Waals surface area contributed by atoms with Crippen LogP contribution in [0.2, 0.25) is 0 Å². The Bertz CT molecular complexity index is 781. The van der Waals surface area contributed by atoms with E-state index in [2.05, 4.69) is 16.7 Å². The van der Waals surface area contributed by atoms with Gasteiger partial charge in [-0.05, 0) is 44.2 Å². The van der Waals surface area contributed by atoms with E-state index in [4.69, 9.17) is 4.98 Å². The summed E-state index contributed by atoms with van der Waals surface area (Å²) in [6.07, 6.45) is 13.3. The predicted octanol–water partition coefficient (Wildman–Crippen LogP) is 4.41. The molecule has 1 aromatic carbocycles. The third-order valence-electron chi connectivity index (χ3n) is 5.36. The van der Waals surface area contributed by atoms with E-state index >= 15 is 0 Å². The van der Waals surface area contributed by atoms with Gasteiger partial charge in [-0.3, -0.25) is 0 Å². The number of nitrogens with zero attached hydrogens (tertiary/aromatic N) is 3. The van der Waals surface area contributed by atoms with E-state index in [1.165, 1.54) is 42.4 Å². The van der Waals surface area contributed by atoms with E-state index in [0.29, 0.717) is 0 Å². The fourth-order valence-corrected chi connectivity index (χ4v) is 4.00. The Morgan fingerprint density at radius 3 is 2.79 bits per heavy atom. The second-order valence-corrected chi connectivity index (χ2v) is 7.08. The molecule has 2 aliphatic rings. The standard InChI is InChI=1S/C20H25N3O/c24-23(17-10-2-1-3-11-17)15-20-21-18-12-6-7-13-19(18)22(20)14-16-8-4-5-9-16/h6-8,12-13,15,17H,1-5,9-11,14H2/b23-15-. The zero-order valence-corrected chi connectivity index (χ0v) is 14.2. The lowest BCUT2D eigenvalue weighted by Gasteiger charge is -2.20. The molecule has 4 heteroatoms. The number of aromatic nitrogens is 2. The lowest BCUT2D eigenvalue weighted by Crippen LogP contribution is -2.26. The molecule has 126 valence electrons. The fourth-order valence-electron chi connectivity index (χ4n) is 4.00. The lowest BCUT2D eigenvalue weighted by atomic mass is 9.96. The number of hydrogen-bond acceptors (Lipinski definition) is 2.